The number of hydrogen-bond acceptors (Lipinski definition) is 2. The number of terminal acetylenes is 1. The highest BCUT2D eigenvalue weighted by atomic mass is 16.5. The normalized spacial score (nSPS) is 30.7. The monoisotopic (exact) mass is 296 g/mol. The second-order valence-corrected chi connectivity index (χ2v) is 6.53. The maximum Gasteiger partial charge on any atom is 0.309 e. The van der Waals surface area contributed by atoms with Gasteiger partial charge in [-0.2, -0.15) is 0 Å². The zero-order valence-corrected chi connectivity index (χ0v) is 13.4. The Balaban J connectivity index is 1.73. The molecule has 2 saturated carbocycles. The summed E-state index contributed by atoms with van der Waals surface area (Å²) in [6.45, 7) is 2.27. The van der Waals surface area contributed by atoms with E-state index in [1.54, 1.807) is 0 Å². The lowest BCUT2D eigenvalue weighted by molar-refractivity contribution is -0.157. The molecule has 2 aliphatic carbocycles. The van der Waals surface area contributed by atoms with Gasteiger partial charge in [0, 0.05) is 5.92 Å². The van der Waals surface area contributed by atoms with Crippen LogP contribution in [0.2, 0.25) is 0 Å². The molecule has 0 aromatic rings. The number of carbonyl (C=O) groups excluding carboxylic acids is 1. The lowest BCUT2D eigenvalue weighted by Gasteiger charge is -2.29. The predicted molar refractivity (Wildman–Crippen MR) is 87.3 cm³/mol. The first-order valence-electron chi connectivity index (χ1n) is 8.35. The number of ether oxygens (including phenoxy) is 1. The number of hydrogen-bond donors (Lipinski definition) is 0. The molecule has 2 rings (SSSR count). The lowest BCUT2D eigenvalue weighted by Crippen LogP contribution is -2.29. The summed E-state index contributed by atoms with van der Waals surface area (Å²) in [5.74, 6) is 14.5. The molecular formula is C20H24O2. The minimum absolute atomic E-state index is 0.0121. The molecule has 2 fully saturated rings. The van der Waals surface area contributed by atoms with E-state index in [0.29, 0.717) is 5.92 Å². The van der Waals surface area contributed by atoms with E-state index >= 15 is 0 Å². The highest BCUT2D eigenvalue weighted by Crippen LogP contribution is 2.31. The maximum atomic E-state index is 12.3. The average molecular weight is 296 g/mol. The van der Waals surface area contributed by atoms with Crippen LogP contribution in [0.4, 0.5) is 0 Å². The first-order chi connectivity index (χ1) is 10.7. The van der Waals surface area contributed by atoms with Crippen molar-refractivity contribution in [2.45, 2.75) is 64.4 Å². The van der Waals surface area contributed by atoms with Crippen LogP contribution in [0.5, 0.6) is 0 Å². The van der Waals surface area contributed by atoms with E-state index in [4.69, 9.17) is 11.2 Å². The molecule has 0 amide bonds. The molecule has 0 atom stereocenters. The molecule has 0 heterocycles. The van der Waals surface area contributed by atoms with Gasteiger partial charge in [-0.05, 0) is 81.0 Å². The molecule has 0 radical (unpaired) electrons. The second kappa shape index (κ2) is 8.56. The van der Waals surface area contributed by atoms with Gasteiger partial charge in [0.05, 0.1) is 5.92 Å². The maximum absolute atomic E-state index is 12.3. The number of carbonyl (C=O) groups is 1. The van der Waals surface area contributed by atoms with Crippen LogP contribution in [-0.4, -0.2) is 12.1 Å². The topological polar surface area (TPSA) is 26.3 Å². The summed E-state index contributed by atoms with van der Waals surface area (Å²) in [7, 11) is 0. The molecule has 2 nitrogen and oxygen atoms in total. The first-order valence-corrected chi connectivity index (χ1v) is 8.35. The SMILES string of the molecule is C#CC#CC#CC1CCC(C(=O)OC2CCC(C)CC2)CC1. The summed E-state index contributed by atoms with van der Waals surface area (Å²) >= 11 is 0. The van der Waals surface area contributed by atoms with Crippen LogP contribution in [0.15, 0.2) is 0 Å². The van der Waals surface area contributed by atoms with Crippen molar-refractivity contribution in [3.8, 4) is 36.0 Å². The van der Waals surface area contributed by atoms with E-state index in [1.165, 1.54) is 12.8 Å². The highest BCUT2D eigenvalue weighted by Gasteiger charge is 2.29. The molecule has 2 heteroatoms. The summed E-state index contributed by atoms with van der Waals surface area (Å²) in [5, 5.41) is 0. The quantitative estimate of drug-likeness (QED) is 0.575. The fourth-order valence-electron chi connectivity index (χ4n) is 3.29. The molecule has 0 bridgehead atoms. The van der Waals surface area contributed by atoms with Crippen LogP contribution in [0, 0.1) is 53.8 Å². The summed E-state index contributed by atoms with van der Waals surface area (Å²) in [5.41, 5.74) is 0. The first kappa shape index (κ1) is 16.5. The summed E-state index contributed by atoms with van der Waals surface area (Å²) in [6, 6.07) is 0. The van der Waals surface area contributed by atoms with Crippen molar-refractivity contribution >= 4 is 5.97 Å². The van der Waals surface area contributed by atoms with Crippen LogP contribution >= 0.6 is 0 Å². The van der Waals surface area contributed by atoms with Crippen molar-refractivity contribution < 1.29 is 9.53 Å². The molecule has 0 unspecified atom stereocenters. The lowest BCUT2D eigenvalue weighted by atomic mass is 9.82. The largest absolute Gasteiger partial charge is 0.462 e. The van der Waals surface area contributed by atoms with Crippen molar-refractivity contribution in [2.24, 2.45) is 17.8 Å². The molecule has 0 aromatic carbocycles. The molecule has 2 aliphatic rings. The second-order valence-electron chi connectivity index (χ2n) is 6.53. The fourth-order valence-corrected chi connectivity index (χ4v) is 3.29. The number of rotatable bonds is 2. The fraction of sp³-hybridized carbons (Fsp3) is 0.650. The molecule has 116 valence electrons. The van der Waals surface area contributed by atoms with Crippen molar-refractivity contribution in [3.63, 3.8) is 0 Å². The Morgan fingerprint density at radius 1 is 0.955 bits per heavy atom. The van der Waals surface area contributed by atoms with Crippen molar-refractivity contribution in [1.82, 2.24) is 0 Å². The zero-order chi connectivity index (χ0) is 15.8. The molecule has 0 aromatic heterocycles. The van der Waals surface area contributed by atoms with Crippen molar-refractivity contribution in [3.05, 3.63) is 0 Å². The molecule has 0 N–H and O–H groups in total. The van der Waals surface area contributed by atoms with Crippen LogP contribution < -0.4 is 0 Å². The summed E-state index contributed by atoms with van der Waals surface area (Å²) in [6.07, 6.45) is 13.3. The van der Waals surface area contributed by atoms with E-state index in [1.807, 2.05) is 0 Å². The van der Waals surface area contributed by atoms with Crippen molar-refractivity contribution in [1.29, 1.82) is 0 Å². The van der Waals surface area contributed by atoms with Crippen LogP contribution in [-0.2, 0) is 9.53 Å². The van der Waals surface area contributed by atoms with Gasteiger partial charge in [0.15, 0.2) is 0 Å². The average Bonchev–Trinajstić information content (AvgIpc) is 2.54. The van der Waals surface area contributed by atoms with Gasteiger partial charge >= 0.3 is 5.97 Å². The predicted octanol–water partition coefficient (Wildman–Crippen LogP) is 3.55. The van der Waals surface area contributed by atoms with Crippen LogP contribution in [0.3, 0.4) is 0 Å². The van der Waals surface area contributed by atoms with Gasteiger partial charge in [-0.3, -0.25) is 4.79 Å². The van der Waals surface area contributed by atoms with Gasteiger partial charge in [-0.1, -0.05) is 12.8 Å². The minimum atomic E-state index is 0.0121. The van der Waals surface area contributed by atoms with E-state index in [2.05, 4.69) is 36.5 Å². The van der Waals surface area contributed by atoms with Crippen molar-refractivity contribution in [2.75, 3.05) is 0 Å². The molecule has 22 heavy (non-hydrogen) atoms. The third-order valence-corrected chi connectivity index (χ3v) is 4.78. The summed E-state index contributed by atoms with van der Waals surface area (Å²) < 4.78 is 5.71. The number of esters is 1. The van der Waals surface area contributed by atoms with Gasteiger partial charge in [0.25, 0.3) is 0 Å². The Hall–Kier alpha value is -1.85. The van der Waals surface area contributed by atoms with Gasteiger partial charge < -0.3 is 4.74 Å². The molecule has 0 spiro atoms. The van der Waals surface area contributed by atoms with Gasteiger partial charge in [0.1, 0.15) is 6.10 Å². The van der Waals surface area contributed by atoms with Crippen LogP contribution in [0.25, 0.3) is 0 Å². The van der Waals surface area contributed by atoms with E-state index in [-0.39, 0.29) is 18.0 Å². The highest BCUT2D eigenvalue weighted by molar-refractivity contribution is 5.72. The van der Waals surface area contributed by atoms with Gasteiger partial charge in [-0.25, -0.2) is 0 Å². The smallest absolute Gasteiger partial charge is 0.309 e. The standard InChI is InChI=1S/C20H24O2/c1-3-4-5-6-7-17-10-12-18(13-11-17)20(21)22-19-14-8-16(2)9-15-19/h1,16-19H,8-15H2,2H3. The van der Waals surface area contributed by atoms with E-state index in [9.17, 15) is 4.79 Å². The van der Waals surface area contributed by atoms with Gasteiger partial charge in [0.2, 0.25) is 0 Å². The third kappa shape index (κ3) is 5.16. The van der Waals surface area contributed by atoms with E-state index in [0.717, 1.165) is 44.4 Å². The Morgan fingerprint density at radius 2 is 1.64 bits per heavy atom. The molecular weight excluding hydrogens is 272 g/mol. The van der Waals surface area contributed by atoms with Gasteiger partial charge in [-0.15, -0.1) is 6.42 Å². The third-order valence-electron chi connectivity index (χ3n) is 4.78. The summed E-state index contributed by atoms with van der Waals surface area (Å²) in [4.78, 5) is 12.3. The minimum Gasteiger partial charge on any atom is -0.462 e. The Morgan fingerprint density at radius 3 is 2.27 bits per heavy atom. The van der Waals surface area contributed by atoms with Crippen LogP contribution in [0.1, 0.15) is 58.3 Å². The Labute approximate surface area is 134 Å². The Bertz CT molecular complexity index is 530. The Kier molecular flexibility index (Phi) is 6.43. The zero-order valence-electron chi connectivity index (χ0n) is 13.4. The van der Waals surface area contributed by atoms with E-state index < -0.39 is 0 Å². The molecule has 0 aliphatic heterocycles. The molecule has 0 saturated heterocycles.